The van der Waals surface area contributed by atoms with Gasteiger partial charge in [0.05, 0.1) is 6.33 Å². The number of hydrogen-bond acceptors (Lipinski definition) is 3. The van der Waals surface area contributed by atoms with Gasteiger partial charge in [0, 0.05) is 31.5 Å². The minimum atomic E-state index is -0.0902. The summed E-state index contributed by atoms with van der Waals surface area (Å²) in [7, 11) is 0. The number of hydrogen-bond donors (Lipinski definition) is 0. The van der Waals surface area contributed by atoms with Gasteiger partial charge in [-0.25, -0.2) is 9.78 Å². The van der Waals surface area contributed by atoms with Crippen LogP contribution in [0.1, 0.15) is 32.1 Å². The lowest BCUT2D eigenvalue weighted by atomic mass is 10.2. The zero-order valence-corrected chi connectivity index (χ0v) is 11.6. The van der Waals surface area contributed by atoms with E-state index in [0.717, 1.165) is 25.8 Å². The van der Waals surface area contributed by atoms with Gasteiger partial charge in [-0.2, -0.15) is 0 Å². The van der Waals surface area contributed by atoms with Crippen LogP contribution >= 0.6 is 0 Å². The zero-order chi connectivity index (χ0) is 13.9. The Bertz CT molecular complexity index is 479. The quantitative estimate of drug-likeness (QED) is 0.765. The first-order chi connectivity index (χ1) is 9.75. The van der Waals surface area contributed by atoms with Gasteiger partial charge >= 0.3 is 6.03 Å². The first-order valence-corrected chi connectivity index (χ1v) is 7.32. The highest BCUT2D eigenvalue weighted by Gasteiger charge is 2.39. The lowest BCUT2D eigenvalue weighted by Gasteiger charge is -2.22. The molecule has 1 aliphatic heterocycles. The second-order valence-electron chi connectivity index (χ2n) is 5.55. The van der Waals surface area contributed by atoms with E-state index >= 15 is 0 Å². The van der Waals surface area contributed by atoms with Crippen LogP contribution in [0.2, 0.25) is 0 Å². The highest BCUT2D eigenvalue weighted by atomic mass is 16.2. The van der Waals surface area contributed by atoms with Crippen molar-refractivity contribution >= 4 is 11.9 Å². The first kappa shape index (κ1) is 13.1. The van der Waals surface area contributed by atoms with E-state index in [4.69, 9.17) is 0 Å². The lowest BCUT2D eigenvalue weighted by Crippen LogP contribution is -2.38. The van der Waals surface area contributed by atoms with Gasteiger partial charge in [-0.1, -0.05) is 12.8 Å². The molecule has 6 nitrogen and oxygen atoms in total. The Balaban J connectivity index is 1.53. The molecule has 0 spiro atoms. The molecule has 3 amide bonds. The van der Waals surface area contributed by atoms with Gasteiger partial charge < -0.3 is 9.47 Å². The molecule has 2 aliphatic rings. The molecule has 0 bridgehead atoms. The largest absolute Gasteiger partial charge is 0.337 e. The van der Waals surface area contributed by atoms with Crippen molar-refractivity contribution in [2.45, 2.75) is 44.7 Å². The van der Waals surface area contributed by atoms with Gasteiger partial charge in [0.1, 0.15) is 6.54 Å². The van der Waals surface area contributed by atoms with Crippen LogP contribution in [0, 0.1) is 0 Å². The number of nitrogens with zero attached hydrogens (tertiary/aromatic N) is 4. The molecule has 0 radical (unpaired) electrons. The van der Waals surface area contributed by atoms with Crippen LogP contribution in [-0.4, -0.2) is 50.4 Å². The third-order valence-electron chi connectivity index (χ3n) is 4.21. The average molecular weight is 276 g/mol. The number of imide groups is 1. The summed E-state index contributed by atoms with van der Waals surface area (Å²) < 4.78 is 1.96. The highest BCUT2D eigenvalue weighted by Crippen LogP contribution is 2.27. The van der Waals surface area contributed by atoms with Crippen LogP contribution in [0.4, 0.5) is 4.79 Å². The Morgan fingerprint density at radius 1 is 1.20 bits per heavy atom. The minimum Gasteiger partial charge on any atom is -0.337 e. The van der Waals surface area contributed by atoms with Crippen LogP contribution in [0.25, 0.3) is 0 Å². The lowest BCUT2D eigenvalue weighted by molar-refractivity contribution is -0.125. The van der Waals surface area contributed by atoms with Crippen molar-refractivity contribution in [3.05, 3.63) is 18.7 Å². The number of amides is 3. The Morgan fingerprint density at radius 3 is 2.70 bits per heavy atom. The number of carbonyl (C=O) groups excluding carboxylic acids is 2. The number of aromatic nitrogens is 2. The Hall–Kier alpha value is -1.85. The second-order valence-corrected chi connectivity index (χ2v) is 5.55. The van der Waals surface area contributed by atoms with Gasteiger partial charge in [-0.3, -0.25) is 9.69 Å². The molecular formula is C14H20N4O2. The van der Waals surface area contributed by atoms with Gasteiger partial charge in [-0.15, -0.1) is 0 Å². The number of urea groups is 1. The third kappa shape index (κ3) is 2.55. The predicted molar refractivity (Wildman–Crippen MR) is 72.9 cm³/mol. The maximum absolute atomic E-state index is 12.3. The fourth-order valence-electron chi connectivity index (χ4n) is 3.11. The summed E-state index contributed by atoms with van der Waals surface area (Å²) in [5, 5.41) is 0. The monoisotopic (exact) mass is 276 g/mol. The van der Waals surface area contributed by atoms with Crippen molar-refractivity contribution in [3.63, 3.8) is 0 Å². The number of imidazole rings is 1. The SMILES string of the molecule is O=C1CN(C2CCCC2)C(=O)N1CCCn1ccnc1. The van der Waals surface area contributed by atoms with Crippen molar-refractivity contribution in [3.8, 4) is 0 Å². The van der Waals surface area contributed by atoms with E-state index in [-0.39, 0.29) is 24.5 Å². The van der Waals surface area contributed by atoms with Crippen LogP contribution < -0.4 is 0 Å². The van der Waals surface area contributed by atoms with Crippen LogP contribution in [-0.2, 0) is 11.3 Å². The molecule has 108 valence electrons. The molecule has 6 heteroatoms. The molecule has 0 atom stereocenters. The molecule has 0 unspecified atom stereocenters. The summed E-state index contributed by atoms with van der Waals surface area (Å²) >= 11 is 0. The van der Waals surface area contributed by atoms with Crippen LogP contribution in [0.15, 0.2) is 18.7 Å². The maximum atomic E-state index is 12.3. The van der Waals surface area contributed by atoms with Crippen molar-refractivity contribution in [1.82, 2.24) is 19.4 Å². The van der Waals surface area contributed by atoms with Gasteiger partial charge in [0.2, 0.25) is 5.91 Å². The first-order valence-electron chi connectivity index (χ1n) is 7.32. The molecule has 1 aliphatic carbocycles. The normalized spacial score (nSPS) is 20.4. The number of aryl methyl sites for hydroxylation is 1. The summed E-state index contributed by atoms with van der Waals surface area (Å²) in [4.78, 5) is 31.5. The van der Waals surface area contributed by atoms with Gasteiger partial charge in [-0.05, 0) is 19.3 Å². The molecule has 0 aromatic carbocycles. The minimum absolute atomic E-state index is 0.0486. The van der Waals surface area contributed by atoms with Gasteiger partial charge in [0.15, 0.2) is 0 Å². The molecule has 1 aromatic heterocycles. The number of rotatable bonds is 5. The average Bonchev–Trinajstić information content (AvgIpc) is 3.15. The molecule has 0 N–H and O–H groups in total. The topological polar surface area (TPSA) is 58.4 Å². The Kier molecular flexibility index (Phi) is 3.71. The predicted octanol–water partition coefficient (Wildman–Crippen LogP) is 1.48. The molecule has 1 saturated carbocycles. The van der Waals surface area contributed by atoms with E-state index in [2.05, 4.69) is 4.98 Å². The molecule has 2 fully saturated rings. The van der Waals surface area contributed by atoms with E-state index < -0.39 is 0 Å². The third-order valence-corrected chi connectivity index (χ3v) is 4.21. The highest BCUT2D eigenvalue weighted by molar-refractivity contribution is 6.02. The van der Waals surface area contributed by atoms with Crippen LogP contribution in [0.5, 0.6) is 0 Å². The fourth-order valence-corrected chi connectivity index (χ4v) is 3.11. The van der Waals surface area contributed by atoms with Gasteiger partial charge in [0.25, 0.3) is 0 Å². The number of carbonyl (C=O) groups is 2. The van der Waals surface area contributed by atoms with E-state index in [1.54, 1.807) is 17.4 Å². The zero-order valence-electron chi connectivity index (χ0n) is 11.6. The van der Waals surface area contributed by atoms with Crippen molar-refractivity contribution in [2.24, 2.45) is 0 Å². The molecule has 3 rings (SSSR count). The molecular weight excluding hydrogens is 256 g/mol. The molecule has 2 heterocycles. The summed E-state index contributed by atoms with van der Waals surface area (Å²) in [5.41, 5.74) is 0. The smallest absolute Gasteiger partial charge is 0.327 e. The molecule has 1 aromatic rings. The molecule has 20 heavy (non-hydrogen) atoms. The Morgan fingerprint density at radius 2 is 2.00 bits per heavy atom. The van der Waals surface area contributed by atoms with Crippen molar-refractivity contribution in [2.75, 3.05) is 13.1 Å². The summed E-state index contributed by atoms with van der Waals surface area (Å²) in [6, 6.07) is 0.192. The van der Waals surface area contributed by atoms with Crippen molar-refractivity contribution < 1.29 is 9.59 Å². The molecule has 1 saturated heterocycles. The van der Waals surface area contributed by atoms with E-state index in [0.29, 0.717) is 6.54 Å². The fraction of sp³-hybridized carbons (Fsp3) is 0.643. The summed E-state index contributed by atoms with van der Waals surface area (Å²) in [6.07, 6.45) is 10.6. The second kappa shape index (κ2) is 5.64. The summed E-state index contributed by atoms with van der Waals surface area (Å²) in [5.74, 6) is -0.0486. The summed E-state index contributed by atoms with van der Waals surface area (Å²) in [6.45, 7) is 1.55. The van der Waals surface area contributed by atoms with Crippen molar-refractivity contribution in [1.29, 1.82) is 0 Å². The van der Waals surface area contributed by atoms with E-state index in [9.17, 15) is 9.59 Å². The van der Waals surface area contributed by atoms with E-state index in [1.165, 1.54) is 17.7 Å². The van der Waals surface area contributed by atoms with E-state index in [1.807, 2.05) is 10.8 Å². The maximum Gasteiger partial charge on any atom is 0.327 e. The standard InChI is InChI=1S/C14H20N4O2/c19-13-10-18(12-4-1-2-5-12)14(20)17(13)8-3-7-16-9-6-15-11-16/h6,9,11-12H,1-5,7-8,10H2. The van der Waals surface area contributed by atoms with Crippen LogP contribution in [0.3, 0.4) is 0 Å². The Labute approximate surface area is 118 Å².